The molecule has 0 saturated heterocycles. The van der Waals surface area contributed by atoms with Gasteiger partial charge in [0, 0.05) is 19.2 Å². The van der Waals surface area contributed by atoms with Crippen molar-refractivity contribution in [2.75, 3.05) is 11.9 Å². The summed E-state index contributed by atoms with van der Waals surface area (Å²) in [6.07, 6.45) is 3.25. The number of aromatic nitrogens is 1. The van der Waals surface area contributed by atoms with Gasteiger partial charge in [-0.05, 0) is 30.7 Å². The Morgan fingerprint density at radius 1 is 1.13 bits per heavy atom. The molecule has 23 heavy (non-hydrogen) atoms. The highest BCUT2D eigenvalue weighted by Crippen LogP contribution is 2.22. The van der Waals surface area contributed by atoms with Gasteiger partial charge in [-0.2, -0.15) is 0 Å². The summed E-state index contributed by atoms with van der Waals surface area (Å²) in [4.78, 5) is 41.5. The fourth-order valence-electron chi connectivity index (χ4n) is 2.46. The minimum absolute atomic E-state index is 0.0415. The van der Waals surface area contributed by atoms with E-state index in [-0.39, 0.29) is 30.7 Å². The molecule has 116 valence electrons. The number of hydrogen-bond donors (Lipinski definition) is 1. The molecule has 0 fully saturated rings. The van der Waals surface area contributed by atoms with Crippen LogP contribution in [0.3, 0.4) is 0 Å². The Balaban J connectivity index is 1.63. The lowest BCUT2D eigenvalue weighted by Gasteiger charge is -2.14. The van der Waals surface area contributed by atoms with Gasteiger partial charge in [0.2, 0.25) is 5.91 Å². The van der Waals surface area contributed by atoms with Crippen LogP contribution in [0.4, 0.5) is 5.69 Å². The van der Waals surface area contributed by atoms with Crippen molar-refractivity contribution in [2.45, 2.75) is 13.3 Å². The standard InChI is InChI=1S/C17H15N3O3/c1-11-6-8-18-10-14(11)19-15(21)7-9-20-16(22)12-4-2-3-5-13(12)17(20)23/h2-6,8,10H,7,9H2,1H3,(H,19,21). The fourth-order valence-corrected chi connectivity index (χ4v) is 2.46. The molecule has 3 amide bonds. The maximum atomic E-state index is 12.2. The van der Waals surface area contributed by atoms with E-state index in [9.17, 15) is 14.4 Å². The molecule has 0 saturated carbocycles. The Hall–Kier alpha value is -3.02. The van der Waals surface area contributed by atoms with Crippen molar-refractivity contribution in [2.24, 2.45) is 0 Å². The van der Waals surface area contributed by atoms with Crippen LogP contribution in [-0.2, 0) is 4.79 Å². The number of hydrogen-bond acceptors (Lipinski definition) is 4. The number of benzene rings is 1. The number of rotatable bonds is 4. The SMILES string of the molecule is Cc1ccncc1NC(=O)CCN1C(=O)c2ccccc2C1=O. The third kappa shape index (κ3) is 2.83. The number of anilines is 1. The van der Waals surface area contributed by atoms with Crippen LogP contribution in [0, 0.1) is 6.92 Å². The van der Waals surface area contributed by atoms with Gasteiger partial charge in [0.1, 0.15) is 0 Å². The fraction of sp³-hybridized carbons (Fsp3) is 0.176. The Bertz CT molecular complexity index is 766. The summed E-state index contributed by atoms with van der Waals surface area (Å²) in [5.74, 6) is -0.968. The number of aryl methyl sites for hydroxylation is 1. The molecule has 3 rings (SSSR count). The number of nitrogens with one attached hydrogen (secondary N) is 1. The van der Waals surface area contributed by atoms with E-state index in [1.54, 1.807) is 42.7 Å². The zero-order chi connectivity index (χ0) is 16.4. The summed E-state index contributed by atoms with van der Waals surface area (Å²) in [5, 5.41) is 2.73. The van der Waals surface area contributed by atoms with Crippen LogP contribution in [0.15, 0.2) is 42.7 Å². The lowest BCUT2D eigenvalue weighted by Crippen LogP contribution is -2.32. The highest BCUT2D eigenvalue weighted by molar-refractivity contribution is 6.21. The van der Waals surface area contributed by atoms with Crippen LogP contribution >= 0.6 is 0 Å². The second-order valence-electron chi connectivity index (χ2n) is 5.30. The number of pyridine rings is 1. The summed E-state index contributed by atoms with van der Waals surface area (Å²) in [6.45, 7) is 1.92. The minimum atomic E-state index is -0.351. The first kappa shape index (κ1) is 14.9. The Labute approximate surface area is 133 Å². The second-order valence-corrected chi connectivity index (χ2v) is 5.30. The number of carbonyl (C=O) groups is 3. The van der Waals surface area contributed by atoms with Crippen LogP contribution in [0.5, 0.6) is 0 Å². The van der Waals surface area contributed by atoms with Gasteiger partial charge in [0.15, 0.2) is 0 Å². The molecule has 1 aliphatic rings. The van der Waals surface area contributed by atoms with Gasteiger partial charge in [0.05, 0.1) is 23.0 Å². The predicted molar refractivity (Wildman–Crippen MR) is 84.0 cm³/mol. The predicted octanol–water partition coefficient (Wildman–Crippen LogP) is 2.01. The van der Waals surface area contributed by atoms with Crippen molar-refractivity contribution in [3.63, 3.8) is 0 Å². The summed E-state index contributed by atoms with van der Waals surface area (Å²) < 4.78 is 0. The van der Waals surface area contributed by atoms with Crippen LogP contribution < -0.4 is 5.32 Å². The number of nitrogens with zero attached hydrogens (tertiary/aromatic N) is 2. The van der Waals surface area contributed by atoms with Crippen LogP contribution in [-0.4, -0.2) is 34.2 Å². The smallest absolute Gasteiger partial charge is 0.261 e. The third-order valence-electron chi connectivity index (χ3n) is 3.75. The molecule has 0 unspecified atom stereocenters. The average Bonchev–Trinajstić information content (AvgIpc) is 2.80. The van der Waals surface area contributed by atoms with Crippen LogP contribution in [0.1, 0.15) is 32.7 Å². The summed E-state index contributed by atoms with van der Waals surface area (Å²) >= 11 is 0. The van der Waals surface area contributed by atoms with Gasteiger partial charge < -0.3 is 5.32 Å². The van der Waals surface area contributed by atoms with Crippen LogP contribution in [0.2, 0.25) is 0 Å². The van der Waals surface area contributed by atoms with Crippen molar-refractivity contribution >= 4 is 23.4 Å². The molecular weight excluding hydrogens is 294 g/mol. The lowest BCUT2D eigenvalue weighted by molar-refractivity contribution is -0.116. The molecule has 2 heterocycles. The first-order valence-corrected chi connectivity index (χ1v) is 7.23. The molecule has 6 nitrogen and oxygen atoms in total. The molecule has 0 spiro atoms. The van der Waals surface area contributed by atoms with E-state index in [4.69, 9.17) is 0 Å². The molecule has 0 radical (unpaired) electrons. The van der Waals surface area contributed by atoms with Gasteiger partial charge in [-0.1, -0.05) is 12.1 Å². The van der Waals surface area contributed by atoms with Crippen molar-refractivity contribution in [3.8, 4) is 0 Å². The Morgan fingerprint density at radius 3 is 2.39 bits per heavy atom. The number of carbonyl (C=O) groups excluding carboxylic acids is 3. The van der Waals surface area contributed by atoms with Crippen molar-refractivity contribution in [3.05, 3.63) is 59.4 Å². The van der Waals surface area contributed by atoms with Gasteiger partial charge in [-0.25, -0.2) is 0 Å². The molecule has 0 atom stereocenters. The first-order valence-electron chi connectivity index (χ1n) is 7.23. The largest absolute Gasteiger partial charge is 0.324 e. The quantitative estimate of drug-likeness (QED) is 0.876. The maximum absolute atomic E-state index is 12.2. The van der Waals surface area contributed by atoms with E-state index in [1.807, 2.05) is 6.92 Å². The van der Waals surface area contributed by atoms with E-state index in [2.05, 4.69) is 10.3 Å². The van der Waals surface area contributed by atoms with Gasteiger partial charge in [-0.3, -0.25) is 24.3 Å². The Kier molecular flexibility index (Phi) is 3.89. The molecule has 1 aliphatic heterocycles. The first-order chi connectivity index (χ1) is 11.1. The monoisotopic (exact) mass is 309 g/mol. The van der Waals surface area contributed by atoms with E-state index in [0.717, 1.165) is 10.5 Å². The van der Waals surface area contributed by atoms with Gasteiger partial charge in [-0.15, -0.1) is 0 Å². The third-order valence-corrected chi connectivity index (χ3v) is 3.75. The summed E-state index contributed by atoms with van der Waals surface area (Å²) in [7, 11) is 0. The number of imide groups is 1. The number of fused-ring (bicyclic) bond motifs is 1. The highest BCUT2D eigenvalue weighted by atomic mass is 16.2. The maximum Gasteiger partial charge on any atom is 0.261 e. The van der Waals surface area contributed by atoms with Crippen molar-refractivity contribution < 1.29 is 14.4 Å². The van der Waals surface area contributed by atoms with Crippen LogP contribution in [0.25, 0.3) is 0 Å². The second kappa shape index (κ2) is 6.00. The molecule has 1 aromatic heterocycles. The van der Waals surface area contributed by atoms with Gasteiger partial charge in [0.25, 0.3) is 11.8 Å². The van der Waals surface area contributed by atoms with E-state index < -0.39 is 0 Å². The molecule has 1 N–H and O–H groups in total. The molecule has 0 aliphatic carbocycles. The van der Waals surface area contributed by atoms with E-state index >= 15 is 0 Å². The van der Waals surface area contributed by atoms with E-state index in [0.29, 0.717) is 16.8 Å². The molecule has 0 bridgehead atoms. The summed E-state index contributed by atoms with van der Waals surface area (Å²) in [6, 6.07) is 8.46. The average molecular weight is 309 g/mol. The minimum Gasteiger partial charge on any atom is -0.324 e. The topological polar surface area (TPSA) is 79.4 Å². The number of amides is 3. The lowest BCUT2D eigenvalue weighted by atomic mass is 10.1. The summed E-state index contributed by atoms with van der Waals surface area (Å²) in [5.41, 5.74) is 2.30. The molecule has 2 aromatic rings. The molecule has 1 aromatic carbocycles. The van der Waals surface area contributed by atoms with Crippen molar-refractivity contribution in [1.82, 2.24) is 9.88 Å². The van der Waals surface area contributed by atoms with Crippen molar-refractivity contribution in [1.29, 1.82) is 0 Å². The van der Waals surface area contributed by atoms with Gasteiger partial charge >= 0.3 is 0 Å². The molecule has 6 heteroatoms. The zero-order valence-electron chi connectivity index (χ0n) is 12.6. The Morgan fingerprint density at radius 2 is 1.78 bits per heavy atom. The molecular formula is C17H15N3O3. The normalized spacial score (nSPS) is 13.2. The highest BCUT2D eigenvalue weighted by Gasteiger charge is 2.34. The zero-order valence-corrected chi connectivity index (χ0v) is 12.6. The van der Waals surface area contributed by atoms with E-state index in [1.165, 1.54) is 0 Å².